The van der Waals surface area contributed by atoms with Gasteiger partial charge in [0.25, 0.3) is 0 Å². The summed E-state index contributed by atoms with van der Waals surface area (Å²) in [7, 11) is -2.17. The molecule has 0 aromatic carbocycles. The molecule has 0 amide bonds. The molecule has 13 heavy (non-hydrogen) atoms. The third-order valence-electron chi connectivity index (χ3n) is 1.10. The van der Waals surface area contributed by atoms with Crippen molar-refractivity contribution in [3.63, 3.8) is 0 Å². The Labute approximate surface area is 121 Å². The summed E-state index contributed by atoms with van der Waals surface area (Å²) in [6.07, 6.45) is 2.32. The standard InChI is InChI=1S/C6H14O2.BH3O3.K.H/c1-2-3-4-6(8)5-7;2-1(3)4;;/h6-8H,2-5H2,1H3;2-4H;;. The van der Waals surface area contributed by atoms with Crippen LogP contribution in [-0.2, 0) is 0 Å². The molecule has 1 atom stereocenters. The first-order valence-corrected chi connectivity index (χ1v) is 3.87. The fourth-order valence-electron chi connectivity index (χ4n) is 0.531. The van der Waals surface area contributed by atoms with Gasteiger partial charge in [0.15, 0.2) is 0 Å². The van der Waals surface area contributed by atoms with Gasteiger partial charge in [0.05, 0.1) is 12.7 Å². The summed E-state index contributed by atoms with van der Waals surface area (Å²) in [5.74, 6) is 0. The summed E-state index contributed by atoms with van der Waals surface area (Å²) in [5, 5.41) is 38.6. The number of hydrogen-bond donors (Lipinski definition) is 5. The van der Waals surface area contributed by atoms with Gasteiger partial charge in [-0.1, -0.05) is 19.8 Å². The van der Waals surface area contributed by atoms with E-state index in [0.717, 1.165) is 19.3 Å². The van der Waals surface area contributed by atoms with Gasteiger partial charge in [0.1, 0.15) is 0 Å². The van der Waals surface area contributed by atoms with Crippen molar-refractivity contribution < 1.29 is 25.3 Å². The van der Waals surface area contributed by atoms with Crippen molar-refractivity contribution in [3.8, 4) is 0 Å². The Hall–Kier alpha value is 1.50. The van der Waals surface area contributed by atoms with E-state index in [-0.39, 0.29) is 58.0 Å². The van der Waals surface area contributed by atoms with Crippen molar-refractivity contribution >= 4 is 58.7 Å². The van der Waals surface area contributed by atoms with Crippen molar-refractivity contribution in [2.24, 2.45) is 0 Å². The molecule has 0 heterocycles. The molecular weight excluding hydrogens is 202 g/mol. The van der Waals surface area contributed by atoms with E-state index in [0.29, 0.717) is 0 Å². The Kier molecular flexibility index (Phi) is 24.5. The second-order valence-corrected chi connectivity index (χ2v) is 2.33. The van der Waals surface area contributed by atoms with Crippen LogP contribution in [0.3, 0.4) is 0 Å². The van der Waals surface area contributed by atoms with Crippen LogP contribution in [0, 0.1) is 0 Å². The molecule has 5 N–H and O–H groups in total. The van der Waals surface area contributed by atoms with E-state index < -0.39 is 13.4 Å². The van der Waals surface area contributed by atoms with Gasteiger partial charge in [-0.3, -0.25) is 0 Å². The number of aliphatic hydroxyl groups is 2. The summed E-state index contributed by atoms with van der Waals surface area (Å²) in [6, 6.07) is 0. The van der Waals surface area contributed by atoms with Crippen molar-refractivity contribution in [1.29, 1.82) is 0 Å². The third kappa shape index (κ3) is 31.7. The van der Waals surface area contributed by atoms with E-state index in [9.17, 15) is 0 Å². The number of aliphatic hydroxyl groups excluding tert-OH is 2. The van der Waals surface area contributed by atoms with Crippen LogP contribution in [0.15, 0.2) is 0 Å². The molecule has 0 rings (SSSR count). The summed E-state index contributed by atoms with van der Waals surface area (Å²) in [5.41, 5.74) is 0. The van der Waals surface area contributed by atoms with Crippen molar-refractivity contribution in [2.45, 2.75) is 32.3 Å². The Morgan fingerprint density at radius 1 is 1.23 bits per heavy atom. The summed E-state index contributed by atoms with van der Waals surface area (Å²) in [4.78, 5) is 0. The van der Waals surface area contributed by atoms with Gasteiger partial charge in [-0.15, -0.1) is 0 Å². The van der Waals surface area contributed by atoms with Gasteiger partial charge < -0.3 is 25.3 Å². The van der Waals surface area contributed by atoms with Gasteiger partial charge in [-0.2, -0.15) is 0 Å². The molecule has 0 saturated carbocycles. The van der Waals surface area contributed by atoms with E-state index in [1.807, 2.05) is 0 Å². The fraction of sp³-hybridized carbons (Fsp3) is 1.00. The molecule has 0 aliphatic heterocycles. The average molecular weight is 220 g/mol. The Morgan fingerprint density at radius 3 is 1.85 bits per heavy atom. The minimum absolute atomic E-state index is 0. The third-order valence-corrected chi connectivity index (χ3v) is 1.10. The molecule has 0 fully saturated rings. The van der Waals surface area contributed by atoms with Crippen LogP contribution >= 0.6 is 0 Å². The van der Waals surface area contributed by atoms with Gasteiger partial charge in [0, 0.05) is 0 Å². The topological polar surface area (TPSA) is 101 Å². The normalized spacial score (nSPS) is 10.6. The zero-order valence-electron chi connectivity index (χ0n) is 7.22. The Morgan fingerprint density at radius 2 is 1.62 bits per heavy atom. The van der Waals surface area contributed by atoms with E-state index in [1.54, 1.807) is 0 Å². The molecular formula is C6H18BKO5. The fourth-order valence-corrected chi connectivity index (χ4v) is 0.531. The molecule has 0 aliphatic rings. The van der Waals surface area contributed by atoms with E-state index in [2.05, 4.69) is 6.92 Å². The van der Waals surface area contributed by atoms with E-state index in [1.165, 1.54) is 0 Å². The summed E-state index contributed by atoms with van der Waals surface area (Å²) >= 11 is 0. The predicted molar refractivity (Wildman–Crippen MR) is 52.2 cm³/mol. The van der Waals surface area contributed by atoms with Crippen LogP contribution in [0.1, 0.15) is 26.2 Å². The minimum atomic E-state index is -2.17. The van der Waals surface area contributed by atoms with Gasteiger partial charge in [-0.05, 0) is 6.42 Å². The second kappa shape index (κ2) is 16.0. The summed E-state index contributed by atoms with van der Waals surface area (Å²) in [6.45, 7) is 1.96. The number of rotatable bonds is 4. The monoisotopic (exact) mass is 220 g/mol. The van der Waals surface area contributed by atoms with Crippen LogP contribution in [0.4, 0.5) is 0 Å². The van der Waals surface area contributed by atoms with Crippen molar-refractivity contribution in [2.75, 3.05) is 6.61 Å². The molecule has 0 aromatic heterocycles. The Bertz CT molecular complexity index is 82.7. The quantitative estimate of drug-likeness (QED) is 0.347. The van der Waals surface area contributed by atoms with Crippen LogP contribution in [-0.4, -0.2) is 96.7 Å². The maximum atomic E-state index is 8.74. The molecule has 0 bridgehead atoms. The molecule has 1 unspecified atom stereocenters. The van der Waals surface area contributed by atoms with Crippen LogP contribution < -0.4 is 0 Å². The first-order chi connectivity index (χ1) is 5.54. The van der Waals surface area contributed by atoms with Crippen LogP contribution in [0.25, 0.3) is 0 Å². The van der Waals surface area contributed by atoms with E-state index in [4.69, 9.17) is 25.3 Å². The second-order valence-electron chi connectivity index (χ2n) is 2.33. The SMILES string of the molecule is CCCCC(O)CO.OB(O)O.[KH]. The van der Waals surface area contributed by atoms with Crippen molar-refractivity contribution in [3.05, 3.63) is 0 Å². The molecule has 7 heteroatoms. The van der Waals surface area contributed by atoms with Crippen LogP contribution in [0.2, 0.25) is 0 Å². The Balaban J connectivity index is -0.000000173. The van der Waals surface area contributed by atoms with Crippen molar-refractivity contribution in [1.82, 2.24) is 0 Å². The maximum absolute atomic E-state index is 8.74. The molecule has 0 radical (unpaired) electrons. The first kappa shape index (κ1) is 20.0. The van der Waals surface area contributed by atoms with E-state index >= 15 is 0 Å². The van der Waals surface area contributed by atoms with Gasteiger partial charge in [-0.25, -0.2) is 0 Å². The van der Waals surface area contributed by atoms with Gasteiger partial charge >= 0.3 is 58.7 Å². The molecule has 0 saturated heterocycles. The molecule has 0 spiro atoms. The number of hydrogen-bond acceptors (Lipinski definition) is 5. The first-order valence-electron chi connectivity index (χ1n) is 3.87. The average Bonchev–Trinajstić information content (AvgIpc) is 1.99. The zero-order chi connectivity index (χ0) is 9.98. The molecule has 76 valence electrons. The zero-order valence-corrected chi connectivity index (χ0v) is 7.22. The number of unbranched alkanes of at least 4 members (excludes halogenated alkanes) is 1. The van der Waals surface area contributed by atoms with Crippen LogP contribution in [0.5, 0.6) is 0 Å². The molecule has 0 aliphatic carbocycles. The molecule has 0 aromatic rings. The molecule has 5 nitrogen and oxygen atoms in total. The summed E-state index contributed by atoms with van der Waals surface area (Å²) < 4.78 is 0. The predicted octanol–water partition coefficient (Wildman–Crippen LogP) is -2.17. The van der Waals surface area contributed by atoms with Gasteiger partial charge in [0.2, 0.25) is 0 Å².